The van der Waals surface area contributed by atoms with Gasteiger partial charge < -0.3 is 4.42 Å². The summed E-state index contributed by atoms with van der Waals surface area (Å²) in [5.74, 6) is 1.24. The molecule has 20 heavy (non-hydrogen) atoms. The molecule has 0 saturated heterocycles. The molecule has 0 atom stereocenters. The second kappa shape index (κ2) is 6.07. The molecule has 2 aromatic heterocycles. The summed E-state index contributed by atoms with van der Waals surface area (Å²) in [6.07, 6.45) is 1.61. The van der Waals surface area contributed by atoms with Gasteiger partial charge in [-0.2, -0.15) is 0 Å². The van der Waals surface area contributed by atoms with Crippen molar-refractivity contribution >= 4 is 23.4 Å². The molecular weight excluding hydrogens is 294 g/mol. The van der Waals surface area contributed by atoms with Crippen molar-refractivity contribution in [3.05, 3.63) is 59.4 Å². The number of benzene rings is 1. The van der Waals surface area contributed by atoms with Crippen LogP contribution in [0.5, 0.6) is 0 Å². The molecule has 3 rings (SSSR count). The molecule has 6 heteroatoms. The lowest BCUT2D eigenvalue weighted by atomic mass is 10.2. The number of hydrogen-bond acceptors (Lipinski definition) is 5. The highest BCUT2D eigenvalue weighted by Crippen LogP contribution is 2.26. The predicted molar refractivity (Wildman–Crippen MR) is 78.5 cm³/mol. The first kappa shape index (κ1) is 13.1. The molecule has 0 aliphatic rings. The minimum absolute atomic E-state index is 0.402. The summed E-state index contributed by atoms with van der Waals surface area (Å²) in [7, 11) is 0. The Hall–Kier alpha value is -1.85. The van der Waals surface area contributed by atoms with Crippen molar-refractivity contribution in [3.63, 3.8) is 0 Å². The lowest BCUT2D eigenvalue weighted by Crippen LogP contribution is -1.79. The number of rotatable bonds is 4. The Morgan fingerprint density at radius 2 is 1.95 bits per heavy atom. The quantitative estimate of drug-likeness (QED) is 0.537. The lowest BCUT2D eigenvalue weighted by molar-refractivity contribution is 0.466. The molecule has 3 aromatic rings. The smallest absolute Gasteiger partial charge is 0.277 e. The molecule has 2 heterocycles. The molecule has 0 amide bonds. The van der Waals surface area contributed by atoms with Crippen LogP contribution >= 0.6 is 23.4 Å². The fourth-order valence-corrected chi connectivity index (χ4v) is 2.53. The maximum absolute atomic E-state index is 5.84. The van der Waals surface area contributed by atoms with E-state index < -0.39 is 0 Å². The van der Waals surface area contributed by atoms with Gasteiger partial charge in [-0.05, 0) is 17.7 Å². The lowest BCUT2D eigenvalue weighted by Gasteiger charge is -1.97. The standard InChI is InChI=1S/C14H10ClN3OS/c15-12-8-11(6-7-16-12)13-17-18-14(19-13)20-9-10-4-2-1-3-5-10/h1-8H,9H2. The van der Waals surface area contributed by atoms with Crippen LogP contribution in [0.2, 0.25) is 5.15 Å². The summed E-state index contributed by atoms with van der Waals surface area (Å²) >= 11 is 7.34. The average molecular weight is 304 g/mol. The van der Waals surface area contributed by atoms with Gasteiger partial charge in [-0.15, -0.1) is 10.2 Å². The van der Waals surface area contributed by atoms with Gasteiger partial charge in [0.2, 0.25) is 5.89 Å². The van der Waals surface area contributed by atoms with Crippen molar-refractivity contribution < 1.29 is 4.42 Å². The van der Waals surface area contributed by atoms with Crippen molar-refractivity contribution in [2.24, 2.45) is 0 Å². The minimum atomic E-state index is 0.402. The van der Waals surface area contributed by atoms with Gasteiger partial charge in [0.05, 0.1) is 0 Å². The third kappa shape index (κ3) is 3.18. The zero-order valence-electron chi connectivity index (χ0n) is 10.4. The molecule has 0 fully saturated rings. The van der Waals surface area contributed by atoms with Crippen LogP contribution in [0.4, 0.5) is 0 Å². The van der Waals surface area contributed by atoms with Gasteiger partial charge in [0.25, 0.3) is 5.22 Å². The van der Waals surface area contributed by atoms with E-state index in [0.717, 1.165) is 11.3 Å². The number of hydrogen-bond donors (Lipinski definition) is 0. The maximum atomic E-state index is 5.84. The highest BCUT2D eigenvalue weighted by molar-refractivity contribution is 7.98. The van der Waals surface area contributed by atoms with Gasteiger partial charge in [-0.25, -0.2) is 4.98 Å². The van der Waals surface area contributed by atoms with Crippen LogP contribution in [0.25, 0.3) is 11.5 Å². The number of thioether (sulfide) groups is 1. The third-order valence-corrected chi connectivity index (χ3v) is 3.68. The van der Waals surface area contributed by atoms with Crippen molar-refractivity contribution in [3.8, 4) is 11.5 Å². The fraction of sp³-hybridized carbons (Fsp3) is 0.0714. The van der Waals surface area contributed by atoms with Crippen LogP contribution in [0, 0.1) is 0 Å². The summed E-state index contributed by atoms with van der Waals surface area (Å²) in [5.41, 5.74) is 1.98. The van der Waals surface area contributed by atoms with Crippen LogP contribution in [0.15, 0.2) is 58.3 Å². The Bertz CT molecular complexity index is 702. The largest absolute Gasteiger partial charge is 0.411 e. The molecule has 0 aliphatic heterocycles. The first-order valence-electron chi connectivity index (χ1n) is 5.93. The summed E-state index contributed by atoms with van der Waals surface area (Å²) < 4.78 is 5.60. The van der Waals surface area contributed by atoms with Crippen molar-refractivity contribution in [2.75, 3.05) is 0 Å². The monoisotopic (exact) mass is 303 g/mol. The van der Waals surface area contributed by atoms with Gasteiger partial charge in [0.15, 0.2) is 0 Å². The molecule has 100 valence electrons. The number of halogens is 1. The Morgan fingerprint density at radius 3 is 2.75 bits per heavy atom. The molecule has 0 radical (unpaired) electrons. The summed E-state index contributed by atoms with van der Waals surface area (Å²) in [5, 5.41) is 8.98. The molecule has 0 spiro atoms. The average Bonchev–Trinajstić information content (AvgIpc) is 2.95. The van der Waals surface area contributed by atoms with E-state index >= 15 is 0 Å². The second-order valence-electron chi connectivity index (χ2n) is 4.01. The third-order valence-electron chi connectivity index (χ3n) is 2.59. The van der Waals surface area contributed by atoms with E-state index in [9.17, 15) is 0 Å². The Kier molecular flexibility index (Phi) is 3.99. The first-order valence-corrected chi connectivity index (χ1v) is 7.30. The first-order chi connectivity index (χ1) is 9.81. The minimum Gasteiger partial charge on any atom is -0.411 e. The van der Waals surface area contributed by atoms with Crippen LogP contribution in [0.3, 0.4) is 0 Å². The molecule has 0 saturated carbocycles. The van der Waals surface area contributed by atoms with Crippen LogP contribution in [-0.2, 0) is 5.75 Å². The normalized spacial score (nSPS) is 10.7. The van der Waals surface area contributed by atoms with Gasteiger partial charge in [0.1, 0.15) is 5.15 Å². The molecule has 0 aliphatic carbocycles. The zero-order valence-corrected chi connectivity index (χ0v) is 11.9. The van der Waals surface area contributed by atoms with Crippen LogP contribution in [-0.4, -0.2) is 15.2 Å². The number of aromatic nitrogens is 3. The SMILES string of the molecule is Clc1cc(-c2nnc(SCc3ccccc3)o2)ccn1. The van der Waals surface area contributed by atoms with E-state index in [1.54, 1.807) is 18.3 Å². The summed E-state index contributed by atoms with van der Waals surface area (Å²) in [6.45, 7) is 0. The van der Waals surface area contributed by atoms with E-state index in [1.165, 1.54) is 17.3 Å². The second-order valence-corrected chi connectivity index (χ2v) is 5.33. The van der Waals surface area contributed by atoms with Crippen molar-refractivity contribution in [1.82, 2.24) is 15.2 Å². The molecule has 0 N–H and O–H groups in total. The molecule has 0 bridgehead atoms. The van der Waals surface area contributed by atoms with Crippen molar-refractivity contribution in [1.29, 1.82) is 0 Å². The summed E-state index contributed by atoms with van der Waals surface area (Å²) in [6, 6.07) is 13.6. The Morgan fingerprint density at radius 1 is 1.10 bits per heavy atom. The van der Waals surface area contributed by atoms with Crippen molar-refractivity contribution in [2.45, 2.75) is 11.0 Å². The van der Waals surface area contributed by atoms with Crippen LogP contribution in [0.1, 0.15) is 5.56 Å². The fourth-order valence-electron chi connectivity index (χ4n) is 1.64. The van der Waals surface area contributed by atoms with Gasteiger partial charge >= 0.3 is 0 Å². The predicted octanol–water partition coefficient (Wildman–Crippen LogP) is 4.08. The van der Waals surface area contributed by atoms with E-state index in [1.807, 2.05) is 18.2 Å². The van der Waals surface area contributed by atoms with E-state index in [2.05, 4.69) is 27.3 Å². The molecule has 1 aromatic carbocycles. The van der Waals surface area contributed by atoms with E-state index in [-0.39, 0.29) is 0 Å². The molecular formula is C14H10ClN3OS. The highest BCUT2D eigenvalue weighted by atomic mass is 35.5. The zero-order chi connectivity index (χ0) is 13.8. The van der Waals surface area contributed by atoms with Crippen LogP contribution < -0.4 is 0 Å². The van der Waals surface area contributed by atoms with Gasteiger partial charge in [-0.3, -0.25) is 0 Å². The molecule has 0 unspecified atom stereocenters. The number of nitrogens with zero attached hydrogens (tertiary/aromatic N) is 3. The van der Waals surface area contributed by atoms with Gasteiger partial charge in [0, 0.05) is 17.5 Å². The Balaban J connectivity index is 1.71. The molecule has 4 nitrogen and oxygen atoms in total. The topological polar surface area (TPSA) is 51.8 Å². The highest BCUT2D eigenvalue weighted by Gasteiger charge is 2.09. The van der Waals surface area contributed by atoms with E-state index in [4.69, 9.17) is 16.0 Å². The number of pyridine rings is 1. The Labute approximate surface area is 125 Å². The van der Waals surface area contributed by atoms with E-state index in [0.29, 0.717) is 16.3 Å². The van der Waals surface area contributed by atoms with Gasteiger partial charge in [-0.1, -0.05) is 53.7 Å². The maximum Gasteiger partial charge on any atom is 0.277 e. The summed E-state index contributed by atoms with van der Waals surface area (Å²) in [4.78, 5) is 3.92.